The van der Waals surface area contributed by atoms with Crippen LogP contribution in [-0.2, 0) is 0 Å². The lowest BCUT2D eigenvalue weighted by molar-refractivity contribution is 0.100. The number of carbonyl (C=O) groups is 1. The Balaban J connectivity index is 2.31. The van der Waals surface area contributed by atoms with Gasteiger partial charge in [0, 0.05) is 18.8 Å². The van der Waals surface area contributed by atoms with E-state index in [1.54, 1.807) is 7.05 Å². The number of hydrogen-bond donors (Lipinski definition) is 3. The lowest BCUT2D eigenvalue weighted by atomic mass is 9.78. The first-order chi connectivity index (χ1) is 8.04. The van der Waals surface area contributed by atoms with Crippen molar-refractivity contribution in [2.45, 2.75) is 31.7 Å². The maximum atomic E-state index is 11.3. The summed E-state index contributed by atoms with van der Waals surface area (Å²) in [6, 6.07) is 0. The monoisotopic (exact) mass is 235 g/mol. The molecule has 1 aromatic heterocycles. The van der Waals surface area contributed by atoms with Crippen molar-refractivity contribution in [1.29, 1.82) is 0 Å². The lowest BCUT2D eigenvalue weighted by Gasteiger charge is -2.39. The zero-order valence-corrected chi connectivity index (χ0v) is 10.1. The van der Waals surface area contributed by atoms with Crippen LogP contribution in [0.5, 0.6) is 0 Å². The highest BCUT2D eigenvalue weighted by Gasteiger charge is 2.33. The van der Waals surface area contributed by atoms with Gasteiger partial charge in [0.25, 0.3) is 5.91 Å². The molecule has 0 atom stereocenters. The minimum absolute atomic E-state index is 0.0174. The van der Waals surface area contributed by atoms with Crippen molar-refractivity contribution in [3.05, 3.63) is 11.8 Å². The third-order valence-electron chi connectivity index (χ3n) is 3.16. The van der Waals surface area contributed by atoms with E-state index in [1.165, 1.54) is 12.6 Å². The number of amides is 1. The molecule has 1 fully saturated rings. The maximum absolute atomic E-state index is 11.3. The number of primary amides is 1. The summed E-state index contributed by atoms with van der Waals surface area (Å²) < 4.78 is 0. The van der Waals surface area contributed by atoms with E-state index in [0.717, 1.165) is 12.8 Å². The molecule has 0 radical (unpaired) electrons. The number of nitrogens with zero attached hydrogens (tertiary/aromatic N) is 2. The summed E-state index contributed by atoms with van der Waals surface area (Å²) in [7, 11) is 1.73. The minimum Gasteiger partial charge on any atom is -0.365 e. The molecule has 1 aromatic rings. The summed E-state index contributed by atoms with van der Waals surface area (Å²) in [4.78, 5) is 19.5. The molecule has 0 saturated heterocycles. The molecule has 1 aliphatic carbocycles. The Hall–Kier alpha value is -1.85. The molecule has 17 heavy (non-hydrogen) atoms. The van der Waals surface area contributed by atoms with Crippen LogP contribution in [0.4, 0.5) is 11.8 Å². The summed E-state index contributed by atoms with van der Waals surface area (Å²) in [5.41, 5.74) is 5.65. The third-order valence-corrected chi connectivity index (χ3v) is 3.16. The van der Waals surface area contributed by atoms with Crippen LogP contribution in [-0.4, -0.2) is 28.5 Å². The van der Waals surface area contributed by atoms with Crippen molar-refractivity contribution >= 4 is 17.7 Å². The lowest BCUT2D eigenvalue weighted by Crippen LogP contribution is -2.42. The third kappa shape index (κ3) is 2.30. The van der Waals surface area contributed by atoms with Crippen LogP contribution in [0.2, 0.25) is 0 Å². The highest BCUT2D eigenvalue weighted by Crippen LogP contribution is 2.34. The molecule has 1 aliphatic rings. The van der Waals surface area contributed by atoms with Crippen molar-refractivity contribution in [3.8, 4) is 0 Å². The molecule has 1 saturated carbocycles. The van der Waals surface area contributed by atoms with Crippen molar-refractivity contribution in [3.63, 3.8) is 0 Å². The van der Waals surface area contributed by atoms with Crippen molar-refractivity contribution < 1.29 is 4.79 Å². The van der Waals surface area contributed by atoms with Gasteiger partial charge < -0.3 is 16.4 Å². The van der Waals surface area contributed by atoms with E-state index in [2.05, 4.69) is 27.5 Å². The Bertz CT molecular complexity index is 441. The first-order valence-electron chi connectivity index (χ1n) is 5.67. The van der Waals surface area contributed by atoms with Gasteiger partial charge in [0.2, 0.25) is 5.95 Å². The van der Waals surface area contributed by atoms with Gasteiger partial charge in [-0.25, -0.2) is 4.98 Å². The number of rotatable bonds is 4. The van der Waals surface area contributed by atoms with Crippen LogP contribution < -0.4 is 16.4 Å². The largest absolute Gasteiger partial charge is 0.365 e. The van der Waals surface area contributed by atoms with Gasteiger partial charge in [-0.05, 0) is 26.2 Å². The molecule has 6 heteroatoms. The molecule has 6 nitrogen and oxygen atoms in total. The topological polar surface area (TPSA) is 92.9 Å². The molecule has 0 bridgehead atoms. The Labute approximate surface area is 100 Å². The molecule has 0 spiro atoms. The van der Waals surface area contributed by atoms with E-state index >= 15 is 0 Å². The fourth-order valence-electron chi connectivity index (χ4n) is 1.90. The first kappa shape index (κ1) is 11.6. The molecule has 0 aromatic carbocycles. The fourth-order valence-corrected chi connectivity index (χ4v) is 1.90. The van der Waals surface area contributed by atoms with Gasteiger partial charge in [-0.2, -0.15) is 4.98 Å². The average molecular weight is 235 g/mol. The maximum Gasteiger partial charge on any atom is 0.254 e. The van der Waals surface area contributed by atoms with E-state index in [1.807, 2.05) is 0 Å². The quantitative estimate of drug-likeness (QED) is 0.723. The van der Waals surface area contributed by atoms with Gasteiger partial charge in [0.1, 0.15) is 5.82 Å². The Kier molecular flexibility index (Phi) is 2.87. The Morgan fingerprint density at radius 3 is 2.71 bits per heavy atom. The van der Waals surface area contributed by atoms with E-state index < -0.39 is 5.91 Å². The van der Waals surface area contributed by atoms with Crippen LogP contribution >= 0.6 is 0 Å². The second kappa shape index (κ2) is 4.20. The summed E-state index contributed by atoms with van der Waals surface area (Å²) >= 11 is 0. The average Bonchev–Trinajstić information content (AvgIpc) is 2.26. The summed E-state index contributed by atoms with van der Waals surface area (Å²) in [6.45, 7) is 2.11. The summed E-state index contributed by atoms with van der Waals surface area (Å²) in [5, 5.41) is 6.13. The molecule has 92 valence electrons. The van der Waals surface area contributed by atoms with Gasteiger partial charge in [0.15, 0.2) is 0 Å². The second-order valence-corrected chi connectivity index (χ2v) is 4.61. The SMILES string of the molecule is CNc1ncc(C(N)=O)c(NC2(C)CCC2)n1. The van der Waals surface area contributed by atoms with Crippen LogP contribution in [0.25, 0.3) is 0 Å². The molecule has 1 amide bonds. The number of hydrogen-bond acceptors (Lipinski definition) is 5. The predicted octanol–water partition coefficient (Wildman–Crippen LogP) is 0.972. The molecular weight excluding hydrogens is 218 g/mol. The van der Waals surface area contributed by atoms with Crippen LogP contribution in [0, 0.1) is 0 Å². The minimum atomic E-state index is -0.516. The van der Waals surface area contributed by atoms with Crippen LogP contribution in [0.15, 0.2) is 6.20 Å². The van der Waals surface area contributed by atoms with Gasteiger partial charge in [0.05, 0.1) is 5.56 Å². The van der Waals surface area contributed by atoms with E-state index in [9.17, 15) is 4.79 Å². The Morgan fingerprint density at radius 2 is 2.24 bits per heavy atom. The summed E-state index contributed by atoms with van der Waals surface area (Å²) in [6.07, 6.45) is 4.79. The standard InChI is InChI=1S/C11H17N5O/c1-11(4-3-5-11)16-9-7(8(12)17)6-14-10(13-2)15-9/h6H,3-5H2,1-2H3,(H2,12,17)(H2,13,14,15,16). The Morgan fingerprint density at radius 1 is 1.53 bits per heavy atom. The number of carbonyl (C=O) groups excluding carboxylic acids is 1. The number of anilines is 2. The second-order valence-electron chi connectivity index (χ2n) is 4.61. The fraction of sp³-hybridized carbons (Fsp3) is 0.545. The van der Waals surface area contributed by atoms with Gasteiger partial charge in [-0.1, -0.05) is 0 Å². The van der Waals surface area contributed by atoms with Gasteiger partial charge in [-0.3, -0.25) is 4.79 Å². The molecule has 0 unspecified atom stereocenters. The smallest absolute Gasteiger partial charge is 0.254 e. The van der Waals surface area contributed by atoms with Crippen molar-refractivity contribution in [2.24, 2.45) is 5.73 Å². The molecule has 4 N–H and O–H groups in total. The first-order valence-corrected chi connectivity index (χ1v) is 5.67. The van der Waals surface area contributed by atoms with Crippen LogP contribution in [0.3, 0.4) is 0 Å². The number of aromatic nitrogens is 2. The highest BCUT2D eigenvalue weighted by molar-refractivity contribution is 5.97. The zero-order valence-electron chi connectivity index (χ0n) is 10.1. The van der Waals surface area contributed by atoms with E-state index in [-0.39, 0.29) is 5.54 Å². The highest BCUT2D eigenvalue weighted by atomic mass is 16.1. The van der Waals surface area contributed by atoms with Crippen molar-refractivity contribution in [1.82, 2.24) is 9.97 Å². The number of nitrogens with one attached hydrogen (secondary N) is 2. The van der Waals surface area contributed by atoms with E-state index in [0.29, 0.717) is 17.3 Å². The zero-order chi connectivity index (χ0) is 12.5. The molecule has 0 aliphatic heterocycles. The molecule has 2 rings (SSSR count). The molecule has 1 heterocycles. The summed E-state index contributed by atoms with van der Waals surface area (Å²) in [5.74, 6) is 0.470. The normalized spacial score (nSPS) is 17.1. The predicted molar refractivity (Wildman–Crippen MR) is 66.0 cm³/mol. The van der Waals surface area contributed by atoms with Gasteiger partial charge >= 0.3 is 0 Å². The van der Waals surface area contributed by atoms with Crippen LogP contribution in [0.1, 0.15) is 36.5 Å². The van der Waals surface area contributed by atoms with Gasteiger partial charge in [-0.15, -0.1) is 0 Å². The number of nitrogens with two attached hydrogens (primary N) is 1. The van der Waals surface area contributed by atoms with Crippen molar-refractivity contribution in [2.75, 3.05) is 17.7 Å². The molecular formula is C11H17N5O. The van der Waals surface area contributed by atoms with E-state index in [4.69, 9.17) is 5.73 Å².